The van der Waals surface area contributed by atoms with Crippen molar-refractivity contribution in [3.05, 3.63) is 34.3 Å². The van der Waals surface area contributed by atoms with Gasteiger partial charge in [-0.2, -0.15) is 0 Å². The fourth-order valence-electron chi connectivity index (χ4n) is 2.40. The van der Waals surface area contributed by atoms with Gasteiger partial charge in [0.05, 0.1) is 0 Å². The van der Waals surface area contributed by atoms with Crippen LogP contribution in [0.3, 0.4) is 0 Å². The van der Waals surface area contributed by atoms with E-state index >= 15 is 0 Å². The van der Waals surface area contributed by atoms with Crippen LogP contribution in [0, 0.1) is 19.8 Å². The summed E-state index contributed by atoms with van der Waals surface area (Å²) in [6.07, 6.45) is 6.33. The van der Waals surface area contributed by atoms with Crippen molar-refractivity contribution in [2.75, 3.05) is 25.5 Å². The van der Waals surface area contributed by atoms with Crippen LogP contribution < -0.4 is 0 Å². The topological polar surface area (TPSA) is 3.24 Å². The zero-order valence-corrected chi connectivity index (χ0v) is 17.9. The molecule has 0 radical (unpaired) electrons. The number of hydrogen-bond donors (Lipinski definition) is 0. The molecule has 1 rings (SSSR count). The molecule has 3 heteroatoms. The minimum absolute atomic E-state index is 0.811. The van der Waals surface area contributed by atoms with Crippen LogP contribution in [0.15, 0.2) is 18.2 Å². The number of rotatable bonds is 10. The van der Waals surface area contributed by atoms with Gasteiger partial charge in [0.1, 0.15) is 0 Å². The molecule has 140 valence electrons. The summed E-state index contributed by atoms with van der Waals surface area (Å²) in [5, 5.41) is 0.856. The molecule has 0 aliphatic carbocycles. The number of halogens is 2. The largest absolute Gasteiger partial charge is 0.303 e. The molecule has 1 unspecified atom stereocenters. The Morgan fingerprint density at radius 1 is 1.04 bits per heavy atom. The summed E-state index contributed by atoms with van der Waals surface area (Å²) in [7, 11) is 0. The first-order valence-electron chi connectivity index (χ1n) is 9.46. The molecule has 1 atom stereocenters. The Kier molecular flexibility index (Phi) is 14.9. The molecule has 0 saturated heterocycles. The summed E-state index contributed by atoms with van der Waals surface area (Å²) in [6, 6.07) is 5.93. The molecular formula is C21H37Cl2N. The Morgan fingerprint density at radius 3 is 2.25 bits per heavy atom. The highest BCUT2D eigenvalue weighted by Gasteiger charge is 2.05. The Hall–Kier alpha value is -0.240. The molecule has 0 bridgehead atoms. The molecular weight excluding hydrogens is 337 g/mol. The van der Waals surface area contributed by atoms with Gasteiger partial charge in [-0.25, -0.2) is 0 Å². The summed E-state index contributed by atoms with van der Waals surface area (Å²) in [5.41, 5.74) is 2.43. The standard InChI is InChI=1S/C13H28ClN.C8H9Cl/c1-4-10-15(11-7-6-9-14)12-8-13(3)5-2;1-6-4-3-5-8(9)7(6)2/h13H,4-12H2,1-3H3;3-5H,1-2H3. The van der Waals surface area contributed by atoms with Gasteiger partial charge in [0, 0.05) is 10.9 Å². The van der Waals surface area contributed by atoms with E-state index in [-0.39, 0.29) is 0 Å². The number of unbranched alkanes of at least 4 members (excludes halogenated alkanes) is 1. The fourth-order valence-corrected chi connectivity index (χ4v) is 2.81. The van der Waals surface area contributed by atoms with Crippen LogP contribution in [-0.4, -0.2) is 30.4 Å². The molecule has 1 nitrogen and oxygen atoms in total. The Morgan fingerprint density at radius 2 is 1.75 bits per heavy atom. The van der Waals surface area contributed by atoms with Crippen LogP contribution >= 0.6 is 23.2 Å². The molecule has 0 spiro atoms. The minimum atomic E-state index is 0.811. The van der Waals surface area contributed by atoms with E-state index in [4.69, 9.17) is 23.2 Å². The van der Waals surface area contributed by atoms with Crippen molar-refractivity contribution in [1.82, 2.24) is 4.90 Å². The highest BCUT2D eigenvalue weighted by atomic mass is 35.5. The van der Waals surface area contributed by atoms with E-state index < -0.39 is 0 Å². The summed E-state index contributed by atoms with van der Waals surface area (Å²) in [6.45, 7) is 14.7. The first kappa shape index (κ1) is 23.8. The van der Waals surface area contributed by atoms with Crippen molar-refractivity contribution in [2.24, 2.45) is 5.92 Å². The lowest BCUT2D eigenvalue weighted by atomic mass is 10.0. The van der Waals surface area contributed by atoms with Gasteiger partial charge in [-0.1, -0.05) is 50.9 Å². The molecule has 1 aromatic carbocycles. The SMILES string of the molecule is CCCN(CCCCCl)CCC(C)CC.Cc1cccc(Cl)c1C. The normalized spacial score (nSPS) is 12.0. The van der Waals surface area contributed by atoms with E-state index in [9.17, 15) is 0 Å². The van der Waals surface area contributed by atoms with Gasteiger partial charge in [0.2, 0.25) is 0 Å². The van der Waals surface area contributed by atoms with Gasteiger partial charge in [-0.3, -0.25) is 0 Å². The van der Waals surface area contributed by atoms with E-state index in [1.807, 2.05) is 19.1 Å². The average Bonchev–Trinajstić information content (AvgIpc) is 2.58. The lowest BCUT2D eigenvalue weighted by Crippen LogP contribution is -2.28. The van der Waals surface area contributed by atoms with Crippen LogP contribution in [-0.2, 0) is 0 Å². The Balaban J connectivity index is 0.000000496. The third kappa shape index (κ3) is 11.3. The maximum Gasteiger partial charge on any atom is 0.0437 e. The van der Waals surface area contributed by atoms with E-state index in [2.05, 4.69) is 38.7 Å². The third-order valence-corrected chi connectivity index (χ3v) is 5.25. The molecule has 1 aromatic rings. The van der Waals surface area contributed by atoms with Crippen molar-refractivity contribution in [3.8, 4) is 0 Å². The summed E-state index contributed by atoms with van der Waals surface area (Å²) in [4.78, 5) is 2.60. The van der Waals surface area contributed by atoms with Crippen molar-refractivity contribution in [3.63, 3.8) is 0 Å². The number of aryl methyl sites for hydroxylation is 1. The molecule has 0 heterocycles. The van der Waals surface area contributed by atoms with Crippen LogP contribution in [0.5, 0.6) is 0 Å². The van der Waals surface area contributed by atoms with Crippen molar-refractivity contribution < 1.29 is 0 Å². The van der Waals surface area contributed by atoms with E-state index in [1.54, 1.807) is 0 Å². The number of benzene rings is 1. The fraction of sp³-hybridized carbons (Fsp3) is 0.714. The quantitative estimate of drug-likeness (QED) is 0.311. The van der Waals surface area contributed by atoms with E-state index in [0.29, 0.717) is 0 Å². The van der Waals surface area contributed by atoms with Crippen LogP contribution in [0.25, 0.3) is 0 Å². The van der Waals surface area contributed by atoms with Crippen LogP contribution in [0.2, 0.25) is 5.02 Å². The van der Waals surface area contributed by atoms with Crippen molar-refractivity contribution in [1.29, 1.82) is 0 Å². The van der Waals surface area contributed by atoms with Crippen molar-refractivity contribution >= 4 is 23.2 Å². The zero-order valence-electron chi connectivity index (χ0n) is 16.4. The predicted octanol–water partition coefficient (Wildman–Crippen LogP) is 7.11. The monoisotopic (exact) mass is 373 g/mol. The highest BCUT2D eigenvalue weighted by molar-refractivity contribution is 6.31. The summed E-state index contributed by atoms with van der Waals surface area (Å²) < 4.78 is 0. The molecule has 24 heavy (non-hydrogen) atoms. The Labute approximate surface area is 160 Å². The third-order valence-electron chi connectivity index (χ3n) is 4.57. The maximum absolute atomic E-state index is 5.81. The Bertz CT molecular complexity index is 400. The second-order valence-corrected chi connectivity index (χ2v) is 7.51. The smallest absolute Gasteiger partial charge is 0.0437 e. The first-order chi connectivity index (χ1) is 11.5. The lowest BCUT2D eigenvalue weighted by molar-refractivity contribution is 0.250. The first-order valence-corrected chi connectivity index (χ1v) is 10.4. The lowest BCUT2D eigenvalue weighted by Gasteiger charge is -2.23. The van der Waals surface area contributed by atoms with Gasteiger partial charge in [0.25, 0.3) is 0 Å². The summed E-state index contributed by atoms with van der Waals surface area (Å²) >= 11 is 11.5. The number of nitrogens with zero attached hydrogens (tertiary/aromatic N) is 1. The van der Waals surface area contributed by atoms with Gasteiger partial charge in [-0.05, 0) is 82.3 Å². The number of hydrogen-bond acceptors (Lipinski definition) is 1. The summed E-state index contributed by atoms with van der Waals surface area (Å²) in [5.74, 6) is 1.68. The molecule has 0 aliphatic heterocycles. The molecule has 0 fully saturated rings. The highest BCUT2D eigenvalue weighted by Crippen LogP contribution is 2.17. The predicted molar refractivity (Wildman–Crippen MR) is 112 cm³/mol. The van der Waals surface area contributed by atoms with Crippen LogP contribution in [0.1, 0.15) is 64.0 Å². The molecule has 0 aromatic heterocycles. The minimum Gasteiger partial charge on any atom is -0.303 e. The molecule has 0 aliphatic rings. The zero-order chi connectivity index (χ0) is 18.4. The van der Waals surface area contributed by atoms with Gasteiger partial charge in [0.15, 0.2) is 0 Å². The van der Waals surface area contributed by atoms with Crippen LogP contribution in [0.4, 0.5) is 0 Å². The van der Waals surface area contributed by atoms with Gasteiger partial charge >= 0.3 is 0 Å². The average molecular weight is 374 g/mol. The molecule has 0 saturated carbocycles. The number of alkyl halides is 1. The van der Waals surface area contributed by atoms with E-state index in [1.165, 1.54) is 56.4 Å². The van der Waals surface area contributed by atoms with Crippen molar-refractivity contribution in [2.45, 2.75) is 66.7 Å². The van der Waals surface area contributed by atoms with Gasteiger partial charge < -0.3 is 4.90 Å². The second-order valence-electron chi connectivity index (χ2n) is 6.72. The molecule has 0 N–H and O–H groups in total. The second kappa shape index (κ2) is 15.0. The maximum atomic E-state index is 5.81. The van der Waals surface area contributed by atoms with Gasteiger partial charge in [-0.15, -0.1) is 11.6 Å². The van der Waals surface area contributed by atoms with E-state index in [0.717, 1.165) is 23.2 Å². The molecule has 0 amide bonds.